The maximum Gasteiger partial charge on any atom is 0.308 e. The largest absolute Gasteiger partial charge is 0.433 e. The summed E-state index contributed by atoms with van der Waals surface area (Å²) in [6.45, 7) is 12.1. The number of carbonyl (C=O) groups excluding carboxylic acids is 1. The molecule has 0 saturated carbocycles. The molecule has 1 saturated heterocycles. The van der Waals surface area contributed by atoms with Gasteiger partial charge in [-0.2, -0.15) is 0 Å². The van der Waals surface area contributed by atoms with Crippen LogP contribution in [0.1, 0.15) is 56.7 Å². The molecule has 3 aromatic rings. The van der Waals surface area contributed by atoms with Crippen LogP contribution in [0, 0.1) is 0 Å². The van der Waals surface area contributed by atoms with Gasteiger partial charge in [0.05, 0.1) is 25.9 Å². The molecule has 226 valence electrons. The number of hydrogen-bond donors (Lipinski definition) is 0. The number of rotatable bonds is 11. The van der Waals surface area contributed by atoms with Gasteiger partial charge >= 0.3 is 5.97 Å². The molecule has 1 fully saturated rings. The van der Waals surface area contributed by atoms with Gasteiger partial charge in [-0.3, -0.25) is 4.79 Å². The predicted octanol–water partition coefficient (Wildman–Crippen LogP) is 7.82. The molecule has 6 nitrogen and oxygen atoms in total. The van der Waals surface area contributed by atoms with E-state index < -0.39 is 26.8 Å². The number of cyclic esters (lactones) is 1. The summed E-state index contributed by atoms with van der Waals surface area (Å²) in [6, 6.07) is 29.9. The average molecular weight is 591 g/mol. The first kappa shape index (κ1) is 32.1. The third-order valence-electron chi connectivity index (χ3n) is 8.16. The zero-order valence-electron chi connectivity index (χ0n) is 25.7. The molecule has 0 bridgehead atoms. The lowest BCUT2D eigenvalue weighted by Gasteiger charge is -2.43. The molecule has 0 aliphatic carbocycles. The van der Waals surface area contributed by atoms with Gasteiger partial charge in [0.2, 0.25) is 6.29 Å². The van der Waals surface area contributed by atoms with Crippen LogP contribution in [-0.4, -0.2) is 38.9 Å². The quantitative estimate of drug-likeness (QED) is 0.168. The van der Waals surface area contributed by atoms with E-state index in [9.17, 15) is 4.79 Å². The zero-order chi connectivity index (χ0) is 30.0. The van der Waals surface area contributed by atoms with Crippen LogP contribution in [0.5, 0.6) is 0 Å². The Morgan fingerprint density at radius 2 is 1.17 bits per heavy atom. The van der Waals surface area contributed by atoms with Crippen molar-refractivity contribution in [2.24, 2.45) is 0 Å². The van der Waals surface area contributed by atoms with Crippen molar-refractivity contribution in [1.29, 1.82) is 0 Å². The second-order valence-electron chi connectivity index (χ2n) is 12.5. The van der Waals surface area contributed by atoms with Crippen LogP contribution in [0.3, 0.4) is 0 Å². The minimum absolute atomic E-state index is 0.00860. The average Bonchev–Trinajstić information content (AvgIpc) is 3.02. The van der Waals surface area contributed by atoms with Crippen LogP contribution in [0.15, 0.2) is 91.0 Å². The Kier molecular flexibility index (Phi) is 11.5. The molecule has 4 rings (SSSR count). The zero-order valence-corrected chi connectivity index (χ0v) is 26.7. The normalized spacial score (nSPS) is 22.1. The van der Waals surface area contributed by atoms with Crippen molar-refractivity contribution in [3.63, 3.8) is 0 Å². The van der Waals surface area contributed by atoms with Crippen molar-refractivity contribution in [3.05, 3.63) is 108 Å². The second kappa shape index (κ2) is 15.1. The number of ether oxygens (including phenoxy) is 4. The minimum atomic E-state index is -2.23. The Morgan fingerprint density at radius 3 is 1.64 bits per heavy atom. The summed E-state index contributed by atoms with van der Waals surface area (Å²) in [5.74, 6) is -0.309. The van der Waals surface area contributed by atoms with Crippen LogP contribution in [0.25, 0.3) is 0 Å². The highest BCUT2D eigenvalue weighted by atomic mass is 28.4. The van der Waals surface area contributed by atoms with E-state index in [2.05, 4.69) is 33.9 Å². The van der Waals surface area contributed by atoms with Gasteiger partial charge in [-0.15, -0.1) is 0 Å². The summed E-state index contributed by atoms with van der Waals surface area (Å²) in [5.41, 5.74) is 3.03. The van der Waals surface area contributed by atoms with Gasteiger partial charge in [0, 0.05) is 6.42 Å². The smallest absolute Gasteiger partial charge is 0.308 e. The molecule has 0 N–H and O–H groups in total. The molecule has 4 atom stereocenters. The van der Waals surface area contributed by atoms with Gasteiger partial charge in [0.1, 0.15) is 12.2 Å². The fraction of sp³-hybridized carbons (Fsp3) is 0.457. The first-order valence-corrected chi connectivity index (χ1v) is 17.9. The molecule has 7 heteroatoms. The van der Waals surface area contributed by atoms with Crippen molar-refractivity contribution in [2.45, 2.75) is 103 Å². The Balaban J connectivity index is 1.71. The fourth-order valence-electron chi connectivity index (χ4n) is 4.71. The summed E-state index contributed by atoms with van der Waals surface area (Å²) >= 11 is 0. The first-order chi connectivity index (χ1) is 20.1. The van der Waals surface area contributed by atoms with E-state index in [1.54, 1.807) is 0 Å². The lowest BCUT2D eigenvalue weighted by atomic mass is 10.0. The molecular formula is C35H46O6Si. The molecular weight excluding hydrogens is 544 g/mol. The number of carbonyl (C=O) groups is 1. The monoisotopic (exact) mass is 590 g/mol. The van der Waals surface area contributed by atoms with E-state index in [1.165, 1.54) is 0 Å². The summed E-state index contributed by atoms with van der Waals surface area (Å²) in [5, 5.41) is -0.00860. The Morgan fingerprint density at radius 1 is 0.714 bits per heavy atom. The van der Waals surface area contributed by atoms with Crippen LogP contribution in [-0.2, 0) is 48.0 Å². The molecule has 1 heterocycles. The van der Waals surface area contributed by atoms with E-state index >= 15 is 0 Å². The highest BCUT2D eigenvalue weighted by Gasteiger charge is 2.46. The molecule has 0 spiro atoms. The highest BCUT2D eigenvalue weighted by Crippen LogP contribution is 2.39. The van der Waals surface area contributed by atoms with Gasteiger partial charge in [0.15, 0.2) is 8.32 Å². The van der Waals surface area contributed by atoms with E-state index in [4.69, 9.17) is 23.4 Å². The van der Waals surface area contributed by atoms with Crippen LogP contribution >= 0.6 is 0 Å². The van der Waals surface area contributed by atoms with Gasteiger partial charge in [-0.25, -0.2) is 0 Å². The number of esters is 1. The van der Waals surface area contributed by atoms with Crippen LogP contribution in [0.2, 0.25) is 18.1 Å². The van der Waals surface area contributed by atoms with Gasteiger partial charge in [-0.05, 0) is 47.7 Å². The molecule has 0 radical (unpaired) electrons. The first-order valence-electron chi connectivity index (χ1n) is 15.0. The van der Waals surface area contributed by atoms with E-state index in [0.29, 0.717) is 26.1 Å². The minimum Gasteiger partial charge on any atom is -0.433 e. The third kappa shape index (κ3) is 9.34. The van der Waals surface area contributed by atoms with Crippen molar-refractivity contribution < 1.29 is 28.2 Å². The van der Waals surface area contributed by atoms with Crippen LogP contribution in [0.4, 0.5) is 0 Å². The number of benzene rings is 3. The summed E-state index contributed by atoms with van der Waals surface area (Å²) in [6.07, 6.45) is -1.01. The summed E-state index contributed by atoms with van der Waals surface area (Å²) in [4.78, 5) is 13.0. The SMILES string of the molecule is CC(C)(C)[Si](C)(C)O[C@H]1CCCC(=O)O[C@H](OCc2ccccc2)[C@@H](OCc2ccccc2)[C@@H]1OCc1ccccc1. The highest BCUT2D eigenvalue weighted by molar-refractivity contribution is 6.74. The Hall–Kier alpha value is -2.81. The fourth-order valence-corrected chi connectivity index (χ4v) is 6.07. The van der Waals surface area contributed by atoms with E-state index in [1.807, 2.05) is 91.0 Å². The maximum atomic E-state index is 13.0. The van der Waals surface area contributed by atoms with Gasteiger partial charge in [-0.1, -0.05) is 112 Å². The lowest BCUT2D eigenvalue weighted by molar-refractivity contribution is -0.247. The Bertz CT molecular complexity index is 1210. The van der Waals surface area contributed by atoms with E-state index in [0.717, 1.165) is 16.7 Å². The lowest BCUT2D eigenvalue weighted by Crippen LogP contribution is -2.54. The van der Waals surface area contributed by atoms with Crippen molar-refractivity contribution >= 4 is 14.3 Å². The van der Waals surface area contributed by atoms with Crippen molar-refractivity contribution in [3.8, 4) is 0 Å². The Labute approximate surface area is 252 Å². The molecule has 0 unspecified atom stereocenters. The molecule has 0 aromatic heterocycles. The third-order valence-corrected chi connectivity index (χ3v) is 12.7. The number of hydrogen-bond acceptors (Lipinski definition) is 6. The molecule has 0 amide bonds. The molecule has 42 heavy (non-hydrogen) atoms. The van der Waals surface area contributed by atoms with E-state index in [-0.39, 0.29) is 30.1 Å². The van der Waals surface area contributed by atoms with Crippen LogP contribution < -0.4 is 0 Å². The van der Waals surface area contributed by atoms with Gasteiger partial charge in [0.25, 0.3) is 0 Å². The standard InChI is InChI=1S/C35H46O6Si/c1-35(2,3)42(4,5)41-30-22-15-23-31(36)40-34(39-26-29-20-13-8-14-21-29)33(38-25-28-18-11-7-12-19-28)32(30)37-24-27-16-9-6-10-17-27/h6-14,16-21,30,32-34H,15,22-26H2,1-5H3/t30-,32+,33-,34-/m0/s1. The van der Waals surface area contributed by atoms with Gasteiger partial charge < -0.3 is 23.4 Å². The summed E-state index contributed by atoms with van der Waals surface area (Å²) < 4.78 is 32.9. The maximum absolute atomic E-state index is 13.0. The topological polar surface area (TPSA) is 63.2 Å². The molecule has 1 aliphatic rings. The van der Waals surface area contributed by atoms with Crippen molar-refractivity contribution in [2.75, 3.05) is 0 Å². The second-order valence-corrected chi connectivity index (χ2v) is 17.2. The van der Waals surface area contributed by atoms with Crippen molar-refractivity contribution in [1.82, 2.24) is 0 Å². The predicted molar refractivity (Wildman–Crippen MR) is 167 cm³/mol. The molecule has 3 aromatic carbocycles. The molecule has 1 aliphatic heterocycles. The summed E-state index contributed by atoms with van der Waals surface area (Å²) in [7, 11) is -2.23.